The molecule has 0 saturated heterocycles. The highest BCUT2D eigenvalue weighted by Gasteiger charge is 2.06. The Morgan fingerprint density at radius 3 is 2.84 bits per heavy atom. The number of benzene rings is 2. The van der Waals surface area contributed by atoms with Crippen LogP contribution in [0.3, 0.4) is 0 Å². The molecule has 0 aliphatic heterocycles. The van der Waals surface area contributed by atoms with Gasteiger partial charge in [0.05, 0.1) is 16.6 Å². The van der Waals surface area contributed by atoms with E-state index in [4.69, 9.17) is 16.3 Å². The molecular weight excluding hydrogens is 330 g/mol. The Kier molecular flexibility index (Phi) is 4.56. The summed E-state index contributed by atoms with van der Waals surface area (Å²) in [6.45, 7) is 0.483. The van der Waals surface area contributed by atoms with E-state index in [2.05, 4.69) is 21.2 Å². The van der Waals surface area contributed by atoms with Gasteiger partial charge in [-0.15, -0.1) is 0 Å². The predicted molar refractivity (Wildman–Crippen MR) is 81.1 cm³/mol. The second-order valence-corrected chi connectivity index (χ2v) is 5.21. The molecule has 0 amide bonds. The number of phenolic OH excluding ortho intramolecular Hbond substituents is 1. The quantitative estimate of drug-likeness (QED) is 0.863. The second-order valence-electron chi connectivity index (χ2n) is 3.95. The Morgan fingerprint density at radius 2 is 2.11 bits per heavy atom. The van der Waals surface area contributed by atoms with Gasteiger partial charge in [0.15, 0.2) is 0 Å². The van der Waals surface area contributed by atoms with Gasteiger partial charge in [-0.05, 0) is 34.1 Å². The molecule has 0 aliphatic rings. The van der Waals surface area contributed by atoms with Crippen molar-refractivity contribution in [2.75, 3.05) is 12.4 Å². The summed E-state index contributed by atoms with van der Waals surface area (Å²) >= 11 is 9.26. The third kappa shape index (κ3) is 3.33. The maximum Gasteiger partial charge on any atom is 0.139 e. The molecule has 0 aromatic heterocycles. The van der Waals surface area contributed by atoms with Gasteiger partial charge in [0.2, 0.25) is 0 Å². The fraction of sp³-hybridized carbons (Fsp3) is 0.143. The monoisotopic (exact) mass is 341 g/mol. The Morgan fingerprint density at radius 1 is 1.32 bits per heavy atom. The van der Waals surface area contributed by atoms with E-state index in [9.17, 15) is 5.11 Å². The fourth-order valence-corrected chi connectivity index (χ4v) is 2.27. The Hall–Kier alpha value is -1.39. The number of aromatic hydroxyl groups is 1. The Labute approximate surface area is 125 Å². The summed E-state index contributed by atoms with van der Waals surface area (Å²) in [6.07, 6.45) is 0. The fourth-order valence-electron chi connectivity index (χ4n) is 1.67. The van der Waals surface area contributed by atoms with E-state index < -0.39 is 0 Å². The number of para-hydroxylation sites is 1. The Balaban J connectivity index is 2.12. The average Bonchev–Trinajstić information content (AvgIpc) is 2.42. The first-order valence-corrected chi connectivity index (χ1v) is 6.82. The van der Waals surface area contributed by atoms with Crippen molar-refractivity contribution in [3.63, 3.8) is 0 Å². The van der Waals surface area contributed by atoms with Crippen molar-refractivity contribution in [1.82, 2.24) is 0 Å². The summed E-state index contributed by atoms with van der Waals surface area (Å²) in [7, 11) is 1.62. The zero-order valence-electron chi connectivity index (χ0n) is 10.3. The lowest BCUT2D eigenvalue weighted by molar-refractivity contribution is 0.412. The number of ether oxygens (including phenoxy) is 1. The zero-order valence-corrected chi connectivity index (χ0v) is 12.6. The molecule has 0 unspecified atom stereocenters. The summed E-state index contributed by atoms with van der Waals surface area (Å²) in [5.74, 6) is 0.862. The highest BCUT2D eigenvalue weighted by molar-refractivity contribution is 9.10. The Bertz CT molecular complexity index is 590. The van der Waals surface area contributed by atoms with Gasteiger partial charge in [-0.25, -0.2) is 0 Å². The molecule has 2 aromatic rings. The number of nitrogens with one attached hydrogen (secondary N) is 1. The van der Waals surface area contributed by atoms with Crippen molar-refractivity contribution >= 4 is 33.2 Å². The van der Waals surface area contributed by atoms with Crippen LogP contribution in [0.5, 0.6) is 11.5 Å². The van der Waals surface area contributed by atoms with Gasteiger partial charge in [-0.3, -0.25) is 0 Å². The third-order valence-corrected chi connectivity index (χ3v) is 3.66. The highest BCUT2D eigenvalue weighted by atomic mass is 79.9. The molecule has 0 spiro atoms. The first-order valence-electron chi connectivity index (χ1n) is 5.65. The van der Waals surface area contributed by atoms with E-state index >= 15 is 0 Å². The van der Waals surface area contributed by atoms with Crippen LogP contribution in [-0.2, 0) is 6.54 Å². The smallest absolute Gasteiger partial charge is 0.139 e. The van der Waals surface area contributed by atoms with E-state index in [0.29, 0.717) is 11.6 Å². The average molecular weight is 343 g/mol. The van der Waals surface area contributed by atoms with Crippen molar-refractivity contribution in [3.8, 4) is 11.5 Å². The molecule has 100 valence electrons. The lowest BCUT2D eigenvalue weighted by atomic mass is 10.2. The summed E-state index contributed by atoms with van der Waals surface area (Å²) in [6, 6.07) is 11.0. The first kappa shape index (κ1) is 14.0. The van der Waals surface area contributed by atoms with Gasteiger partial charge >= 0.3 is 0 Å². The van der Waals surface area contributed by atoms with Crippen LogP contribution in [0.4, 0.5) is 5.69 Å². The zero-order chi connectivity index (χ0) is 13.8. The topological polar surface area (TPSA) is 41.5 Å². The number of anilines is 1. The van der Waals surface area contributed by atoms with E-state index in [-0.39, 0.29) is 5.75 Å². The maximum atomic E-state index is 9.82. The minimum Gasteiger partial charge on any atom is -0.506 e. The minimum absolute atomic E-state index is 0.112. The molecule has 0 fully saturated rings. The molecule has 0 atom stereocenters. The van der Waals surface area contributed by atoms with E-state index in [1.807, 2.05) is 24.3 Å². The molecule has 0 aliphatic carbocycles. The number of hydrogen-bond acceptors (Lipinski definition) is 3. The molecule has 0 heterocycles. The molecule has 5 heteroatoms. The number of halogens is 2. The van der Waals surface area contributed by atoms with Crippen LogP contribution in [0.2, 0.25) is 5.02 Å². The van der Waals surface area contributed by atoms with Gasteiger partial charge in [-0.1, -0.05) is 23.7 Å². The molecule has 19 heavy (non-hydrogen) atoms. The molecule has 0 saturated carbocycles. The minimum atomic E-state index is 0.112. The standard InChI is InChI=1S/C14H13BrClNO2/c1-19-13-7-10(5-6-11(13)15)17-8-9-3-2-4-12(16)14(9)18/h2-7,17-18H,8H2,1H3. The molecule has 0 radical (unpaired) electrons. The van der Waals surface area contributed by atoms with Crippen molar-refractivity contribution in [1.29, 1.82) is 0 Å². The van der Waals surface area contributed by atoms with Crippen molar-refractivity contribution in [2.24, 2.45) is 0 Å². The van der Waals surface area contributed by atoms with Crippen molar-refractivity contribution in [2.45, 2.75) is 6.54 Å². The van der Waals surface area contributed by atoms with Gasteiger partial charge in [0.1, 0.15) is 11.5 Å². The molecular formula is C14H13BrClNO2. The molecule has 2 N–H and O–H groups in total. The van der Waals surface area contributed by atoms with E-state index in [0.717, 1.165) is 21.5 Å². The van der Waals surface area contributed by atoms with Crippen molar-refractivity contribution in [3.05, 3.63) is 51.5 Å². The molecule has 2 rings (SSSR count). The lowest BCUT2D eigenvalue weighted by Gasteiger charge is -2.11. The summed E-state index contributed by atoms with van der Waals surface area (Å²) < 4.78 is 6.12. The van der Waals surface area contributed by atoms with Crippen LogP contribution in [0.25, 0.3) is 0 Å². The largest absolute Gasteiger partial charge is 0.506 e. The number of hydrogen-bond donors (Lipinski definition) is 2. The van der Waals surface area contributed by atoms with Gasteiger partial charge in [-0.2, -0.15) is 0 Å². The van der Waals surface area contributed by atoms with Crippen LogP contribution < -0.4 is 10.1 Å². The van der Waals surface area contributed by atoms with Gasteiger partial charge in [0.25, 0.3) is 0 Å². The summed E-state index contributed by atoms with van der Waals surface area (Å²) in [5.41, 5.74) is 1.65. The molecule has 3 nitrogen and oxygen atoms in total. The van der Waals surface area contributed by atoms with E-state index in [1.165, 1.54) is 0 Å². The van der Waals surface area contributed by atoms with Crippen molar-refractivity contribution < 1.29 is 9.84 Å². The SMILES string of the molecule is COc1cc(NCc2cccc(Cl)c2O)ccc1Br. The van der Waals surface area contributed by atoms with Crippen LogP contribution in [-0.4, -0.2) is 12.2 Å². The molecule has 0 bridgehead atoms. The highest BCUT2D eigenvalue weighted by Crippen LogP contribution is 2.30. The normalized spacial score (nSPS) is 10.3. The van der Waals surface area contributed by atoms with Crippen LogP contribution in [0.15, 0.2) is 40.9 Å². The summed E-state index contributed by atoms with van der Waals surface area (Å²) in [5, 5.41) is 13.4. The van der Waals surface area contributed by atoms with Crippen LogP contribution in [0.1, 0.15) is 5.56 Å². The third-order valence-electron chi connectivity index (χ3n) is 2.70. The number of rotatable bonds is 4. The number of phenols is 1. The summed E-state index contributed by atoms with van der Waals surface area (Å²) in [4.78, 5) is 0. The van der Waals surface area contributed by atoms with Crippen LogP contribution in [0, 0.1) is 0 Å². The maximum absolute atomic E-state index is 9.82. The van der Waals surface area contributed by atoms with Gasteiger partial charge in [0, 0.05) is 23.9 Å². The number of methoxy groups -OCH3 is 1. The second kappa shape index (κ2) is 6.17. The predicted octanol–water partition coefficient (Wildman–Crippen LogP) is 4.43. The van der Waals surface area contributed by atoms with Gasteiger partial charge < -0.3 is 15.2 Å². The first-order chi connectivity index (χ1) is 9.11. The van der Waals surface area contributed by atoms with Crippen LogP contribution >= 0.6 is 27.5 Å². The van der Waals surface area contributed by atoms with E-state index in [1.54, 1.807) is 19.2 Å². The lowest BCUT2D eigenvalue weighted by Crippen LogP contribution is -2.00. The molecule has 2 aromatic carbocycles.